The minimum atomic E-state index is -2.65. The number of benzene rings is 1. The molecule has 182 valence electrons. The third-order valence-electron chi connectivity index (χ3n) is 7.06. The number of hydrogen-bond acceptors (Lipinski definition) is 5. The highest BCUT2D eigenvalue weighted by molar-refractivity contribution is 5.97. The second-order valence-electron chi connectivity index (χ2n) is 9.16. The van der Waals surface area contributed by atoms with E-state index in [0.29, 0.717) is 60.4 Å². The molecule has 1 fully saturated rings. The maximum atomic E-state index is 14.3. The average Bonchev–Trinajstić information content (AvgIpc) is 2.86. The lowest BCUT2D eigenvalue weighted by Crippen LogP contribution is -2.36. The Hall–Kier alpha value is -3.62. The van der Waals surface area contributed by atoms with Crippen LogP contribution in [0, 0.1) is 0 Å². The van der Waals surface area contributed by atoms with E-state index in [-0.39, 0.29) is 23.1 Å². The lowest BCUT2D eigenvalue weighted by Gasteiger charge is -2.35. The number of fused-ring (bicyclic) bond motifs is 2. The summed E-state index contributed by atoms with van der Waals surface area (Å²) in [7, 11) is 0. The van der Waals surface area contributed by atoms with Crippen LogP contribution in [0.5, 0.6) is 0 Å². The number of carboxylic acid groups (broad SMARTS) is 1. The van der Waals surface area contributed by atoms with E-state index in [4.69, 9.17) is 0 Å². The molecular weight excluding hydrogens is 454 g/mol. The molecule has 1 aromatic carbocycles. The third kappa shape index (κ3) is 4.31. The SMILES string of the molecule is CC(=O)N1CCC(c2cc3c(cc2C(F)F)N(c2nc(C(=O)O)cc4cccnc24)CCC3)CC1. The highest BCUT2D eigenvalue weighted by Gasteiger charge is 2.30. The van der Waals surface area contributed by atoms with Crippen LogP contribution in [0.15, 0.2) is 36.5 Å². The second kappa shape index (κ2) is 9.20. The number of carboxylic acids is 1. The van der Waals surface area contributed by atoms with Crippen LogP contribution in [0.2, 0.25) is 0 Å². The number of halogens is 2. The van der Waals surface area contributed by atoms with Crippen molar-refractivity contribution in [3.63, 3.8) is 0 Å². The van der Waals surface area contributed by atoms with Gasteiger partial charge in [-0.05, 0) is 60.9 Å². The van der Waals surface area contributed by atoms with Crippen molar-refractivity contribution in [3.05, 3.63) is 58.9 Å². The van der Waals surface area contributed by atoms with Gasteiger partial charge in [0.15, 0.2) is 11.5 Å². The number of nitrogens with zero attached hydrogens (tertiary/aromatic N) is 4. The van der Waals surface area contributed by atoms with Gasteiger partial charge in [-0.25, -0.2) is 18.6 Å². The summed E-state index contributed by atoms with van der Waals surface area (Å²) in [5.41, 5.74) is 2.62. The number of amides is 1. The highest BCUT2D eigenvalue weighted by atomic mass is 19.3. The Morgan fingerprint density at radius 2 is 1.91 bits per heavy atom. The predicted molar refractivity (Wildman–Crippen MR) is 127 cm³/mol. The van der Waals surface area contributed by atoms with Crippen LogP contribution in [0.25, 0.3) is 10.9 Å². The molecule has 5 rings (SSSR count). The van der Waals surface area contributed by atoms with Crippen molar-refractivity contribution >= 4 is 34.3 Å². The maximum absolute atomic E-state index is 14.3. The van der Waals surface area contributed by atoms with E-state index in [1.54, 1.807) is 29.3 Å². The number of aryl methyl sites for hydroxylation is 1. The summed E-state index contributed by atoms with van der Waals surface area (Å²) < 4.78 is 28.6. The number of carbonyl (C=O) groups is 2. The van der Waals surface area contributed by atoms with Crippen molar-refractivity contribution in [2.75, 3.05) is 24.5 Å². The van der Waals surface area contributed by atoms with Gasteiger partial charge in [0.05, 0.1) is 0 Å². The van der Waals surface area contributed by atoms with E-state index in [2.05, 4.69) is 9.97 Å². The molecule has 7 nitrogen and oxygen atoms in total. The first-order valence-electron chi connectivity index (χ1n) is 11.8. The fourth-order valence-electron chi connectivity index (χ4n) is 5.30. The number of alkyl halides is 2. The molecule has 1 amide bonds. The number of pyridine rings is 2. The van der Waals surface area contributed by atoms with Crippen LogP contribution in [0.4, 0.5) is 20.3 Å². The Kier molecular flexibility index (Phi) is 6.08. The smallest absolute Gasteiger partial charge is 0.354 e. The van der Waals surface area contributed by atoms with Gasteiger partial charge >= 0.3 is 5.97 Å². The minimum absolute atomic E-state index is 0.00976. The first kappa shape index (κ1) is 23.1. The zero-order valence-corrected chi connectivity index (χ0v) is 19.4. The van der Waals surface area contributed by atoms with Crippen molar-refractivity contribution in [3.8, 4) is 0 Å². The first-order chi connectivity index (χ1) is 16.8. The second-order valence-corrected chi connectivity index (χ2v) is 9.16. The van der Waals surface area contributed by atoms with Crippen molar-refractivity contribution in [1.29, 1.82) is 0 Å². The van der Waals surface area contributed by atoms with Gasteiger partial charge in [-0.1, -0.05) is 12.1 Å². The summed E-state index contributed by atoms with van der Waals surface area (Å²) in [6.07, 6.45) is 1.77. The van der Waals surface area contributed by atoms with Gasteiger partial charge in [0, 0.05) is 49.4 Å². The highest BCUT2D eigenvalue weighted by Crippen LogP contribution is 2.43. The molecule has 0 radical (unpaired) electrons. The van der Waals surface area contributed by atoms with Gasteiger partial charge in [0.2, 0.25) is 5.91 Å². The number of aromatic nitrogens is 2. The summed E-state index contributed by atoms with van der Waals surface area (Å²) in [5.74, 6) is -0.819. The van der Waals surface area contributed by atoms with E-state index in [1.807, 2.05) is 11.0 Å². The van der Waals surface area contributed by atoms with E-state index in [9.17, 15) is 23.5 Å². The van der Waals surface area contributed by atoms with Crippen LogP contribution < -0.4 is 4.90 Å². The monoisotopic (exact) mass is 480 g/mol. The molecule has 0 atom stereocenters. The molecule has 35 heavy (non-hydrogen) atoms. The Morgan fingerprint density at radius 3 is 2.60 bits per heavy atom. The molecule has 1 N–H and O–H groups in total. The average molecular weight is 481 g/mol. The quantitative estimate of drug-likeness (QED) is 0.561. The van der Waals surface area contributed by atoms with E-state index in [1.165, 1.54) is 13.0 Å². The van der Waals surface area contributed by atoms with Gasteiger partial charge in [0.25, 0.3) is 6.43 Å². The zero-order valence-electron chi connectivity index (χ0n) is 19.4. The molecule has 2 aliphatic rings. The van der Waals surface area contributed by atoms with E-state index >= 15 is 0 Å². The first-order valence-corrected chi connectivity index (χ1v) is 11.8. The number of hydrogen-bond donors (Lipinski definition) is 1. The van der Waals surface area contributed by atoms with Crippen molar-refractivity contribution in [1.82, 2.24) is 14.9 Å². The van der Waals surface area contributed by atoms with Gasteiger partial charge in [-0.2, -0.15) is 0 Å². The van der Waals surface area contributed by atoms with Gasteiger partial charge < -0.3 is 14.9 Å². The molecule has 0 bridgehead atoms. The molecule has 1 saturated heterocycles. The Labute approximate surface area is 201 Å². The number of carbonyl (C=O) groups excluding carboxylic acids is 1. The van der Waals surface area contributed by atoms with Crippen molar-refractivity contribution in [2.24, 2.45) is 0 Å². The van der Waals surface area contributed by atoms with Crippen molar-refractivity contribution < 1.29 is 23.5 Å². The Bertz CT molecular complexity index is 1310. The fourth-order valence-corrected chi connectivity index (χ4v) is 5.30. The van der Waals surface area contributed by atoms with Crippen LogP contribution in [-0.2, 0) is 11.2 Å². The molecule has 0 spiro atoms. The summed E-state index contributed by atoms with van der Waals surface area (Å²) in [6.45, 7) is 3.18. The van der Waals surface area contributed by atoms with Crippen molar-refractivity contribution in [2.45, 2.75) is 45.0 Å². The van der Waals surface area contributed by atoms with Crippen LogP contribution in [0.3, 0.4) is 0 Å². The molecule has 0 aliphatic carbocycles. The Balaban J connectivity index is 1.60. The van der Waals surface area contributed by atoms with Gasteiger partial charge in [-0.15, -0.1) is 0 Å². The summed E-state index contributed by atoms with van der Waals surface area (Å²) in [6, 6.07) is 8.41. The topological polar surface area (TPSA) is 86.6 Å². The predicted octanol–water partition coefficient (Wildman–Crippen LogP) is 5.08. The standard InChI is InChI=1S/C26H26F2N4O3/c1-15(33)31-10-6-16(7-11-31)19-12-17-5-3-9-32(22(17)14-20(19)24(27)28)25-23-18(4-2-8-29-23)13-21(30-25)26(34)35/h2,4,8,12-14,16,24H,3,5-7,9-11H2,1H3,(H,34,35). The molecule has 4 heterocycles. The normalized spacial score (nSPS) is 16.6. The molecule has 0 unspecified atom stereocenters. The maximum Gasteiger partial charge on any atom is 0.354 e. The molecule has 9 heteroatoms. The number of piperidine rings is 1. The van der Waals surface area contributed by atoms with E-state index in [0.717, 1.165) is 18.4 Å². The number of likely N-dealkylation sites (tertiary alicyclic amines) is 1. The summed E-state index contributed by atoms with van der Waals surface area (Å²) in [5, 5.41) is 10.2. The molecule has 3 aromatic rings. The lowest BCUT2D eigenvalue weighted by molar-refractivity contribution is -0.129. The van der Waals surface area contributed by atoms with Crippen LogP contribution in [-0.4, -0.2) is 51.5 Å². The van der Waals surface area contributed by atoms with Crippen LogP contribution >= 0.6 is 0 Å². The number of aromatic carboxylic acids is 1. The largest absolute Gasteiger partial charge is 0.477 e. The minimum Gasteiger partial charge on any atom is -0.477 e. The van der Waals surface area contributed by atoms with Gasteiger partial charge in [0.1, 0.15) is 5.52 Å². The molecular formula is C26H26F2N4O3. The van der Waals surface area contributed by atoms with Gasteiger partial charge in [-0.3, -0.25) is 9.78 Å². The Morgan fingerprint density at radius 1 is 1.14 bits per heavy atom. The lowest BCUT2D eigenvalue weighted by atomic mass is 9.83. The zero-order chi connectivity index (χ0) is 24.7. The molecule has 0 saturated carbocycles. The molecule has 2 aromatic heterocycles. The third-order valence-corrected chi connectivity index (χ3v) is 7.06. The van der Waals surface area contributed by atoms with E-state index < -0.39 is 12.4 Å². The van der Waals surface area contributed by atoms with Crippen LogP contribution in [0.1, 0.15) is 65.7 Å². The summed E-state index contributed by atoms with van der Waals surface area (Å²) in [4.78, 5) is 35.8. The molecule has 2 aliphatic heterocycles. The summed E-state index contributed by atoms with van der Waals surface area (Å²) >= 11 is 0. The fraction of sp³-hybridized carbons (Fsp3) is 0.385. The number of anilines is 2. The number of rotatable bonds is 4.